The average Bonchev–Trinajstić information content (AvgIpc) is 3.05. The van der Waals surface area contributed by atoms with Crippen LogP contribution in [0, 0.1) is 5.41 Å². The number of cyclic esters (lactones) is 1. The van der Waals surface area contributed by atoms with Gasteiger partial charge in [-0.25, -0.2) is 4.79 Å². The van der Waals surface area contributed by atoms with Gasteiger partial charge in [-0.1, -0.05) is 73.1 Å². The highest BCUT2D eigenvalue weighted by Crippen LogP contribution is 2.51. The third-order valence-corrected chi connectivity index (χ3v) is 7.23. The molecule has 3 N–H and O–H groups in total. The summed E-state index contributed by atoms with van der Waals surface area (Å²) in [4.78, 5) is 12.0. The van der Waals surface area contributed by atoms with Crippen LogP contribution in [0.1, 0.15) is 105 Å². The molecule has 176 valence electrons. The molecule has 2 atom stereocenters. The summed E-state index contributed by atoms with van der Waals surface area (Å²) in [5, 5.41) is 29.8. The van der Waals surface area contributed by atoms with Gasteiger partial charge in [0, 0.05) is 5.41 Å². The van der Waals surface area contributed by atoms with Crippen LogP contribution in [0.25, 0.3) is 0 Å². The largest absolute Gasteiger partial charge is 0.499 e. The van der Waals surface area contributed by atoms with Crippen LogP contribution in [0.15, 0.2) is 11.5 Å². The number of esters is 1. The monoisotopic (exact) mass is 428 g/mol. The van der Waals surface area contributed by atoms with Gasteiger partial charge in [0.25, 0.3) is 0 Å². The van der Waals surface area contributed by atoms with Crippen molar-refractivity contribution in [1.82, 2.24) is 0 Å². The molecule has 0 aromatic heterocycles. The molecule has 0 saturated heterocycles. The normalized spacial score (nSPS) is 18.6. The fourth-order valence-corrected chi connectivity index (χ4v) is 5.10. The van der Waals surface area contributed by atoms with E-state index < -0.39 is 36.1 Å². The van der Waals surface area contributed by atoms with Gasteiger partial charge in [0.2, 0.25) is 5.76 Å². The topological polar surface area (TPSA) is 96.2 Å². The predicted octanol–water partition coefficient (Wildman–Crippen LogP) is 5.17. The number of rotatable bonds is 16. The van der Waals surface area contributed by atoms with E-state index in [2.05, 4.69) is 34.6 Å². The number of aliphatic hydroxyl groups excluding tert-OH is 3. The smallest absolute Gasteiger partial charge is 0.378 e. The van der Waals surface area contributed by atoms with Crippen LogP contribution < -0.4 is 0 Å². The summed E-state index contributed by atoms with van der Waals surface area (Å²) in [5.41, 5.74) is -0.737. The maximum Gasteiger partial charge on any atom is 0.378 e. The van der Waals surface area contributed by atoms with Gasteiger partial charge >= 0.3 is 5.97 Å². The SMILES string of the molecule is CCCCCCCCC(CC)(CC)C(CC)(CC)OC1=C(O)C(=O)O[C@@H]1[C@@H](O)CO. The van der Waals surface area contributed by atoms with Gasteiger partial charge in [0.05, 0.1) is 6.61 Å². The van der Waals surface area contributed by atoms with Gasteiger partial charge < -0.3 is 24.8 Å². The van der Waals surface area contributed by atoms with E-state index in [9.17, 15) is 20.1 Å². The minimum atomic E-state index is -1.34. The first-order valence-electron chi connectivity index (χ1n) is 11.9. The Morgan fingerprint density at radius 1 is 0.967 bits per heavy atom. The summed E-state index contributed by atoms with van der Waals surface area (Å²) >= 11 is 0. The molecule has 0 aliphatic carbocycles. The number of aliphatic hydroxyl groups is 3. The van der Waals surface area contributed by atoms with E-state index in [4.69, 9.17) is 9.47 Å². The minimum Gasteiger partial charge on any atom is -0.499 e. The standard InChI is InChI=1S/C24H44O6/c1-6-11-12-13-14-15-16-23(7-2,8-3)24(9-4,10-5)30-21-19(27)22(28)29-20(21)18(26)17-25/h18,20,25-27H,6-17H2,1-5H3/t18-,20+/m0/s1. The Balaban J connectivity index is 3.14. The molecule has 0 unspecified atom stereocenters. The zero-order chi connectivity index (χ0) is 22.8. The third-order valence-electron chi connectivity index (χ3n) is 7.23. The Labute approximate surface area is 182 Å². The van der Waals surface area contributed by atoms with E-state index in [0.717, 1.165) is 25.7 Å². The molecule has 1 aliphatic rings. The summed E-state index contributed by atoms with van der Waals surface area (Å²) in [7, 11) is 0. The maximum atomic E-state index is 12.0. The fourth-order valence-electron chi connectivity index (χ4n) is 5.10. The zero-order valence-corrected chi connectivity index (χ0v) is 19.7. The van der Waals surface area contributed by atoms with Crippen LogP contribution in [0.2, 0.25) is 0 Å². The quantitative estimate of drug-likeness (QED) is 0.232. The minimum absolute atomic E-state index is 0.0422. The molecule has 1 rings (SSSR count). The molecule has 6 nitrogen and oxygen atoms in total. The number of carbonyl (C=O) groups excluding carboxylic acids is 1. The Morgan fingerprint density at radius 3 is 2.03 bits per heavy atom. The second kappa shape index (κ2) is 12.6. The molecular weight excluding hydrogens is 384 g/mol. The van der Waals surface area contributed by atoms with Crippen molar-refractivity contribution in [1.29, 1.82) is 0 Å². The van der Waals surface area contributed by atoms with Gasteiger partial charge in [-0.3, -0.25) is 0 Å². The van der Waals surface area contributed by atoms with Crippen LogP contribution in [-0.4, -0.2) is 45.7 Å². The highest BCUT2D eigenvalue weighted by molar-refractivity contribution is 5.89. The molecule has 0 radical (unpaired) electrons. The molecule has 0 fully saturated rings. The molecule has 0 aromatic carbocycles. The van der Waals surface area contributed by atoms with E-state index >= 15 is 0 Å². The molecule has 0 saturated carbocycles. The molecule has 0 aromatic rings. The lowest BCUT2D eigenvalue weighted by Gasteiger charge is -2.50. The van der Waals surface area contributed by atoms with E-state index in [0.29, 0.717) is 12.8 Å². The number of hydrogen-bond donors (Lipinski definition) is 3. The molecular formula is C24H44O6. The van der Waals surface area contributed by atoms with Crippen LogP contribution in [0.5, 0.6) is 0 Å². The van der Waals surface area contributed by atoms with E-state index in [1.54, 1.807) is 0 Å². The summed E-state index contributed by atoms with van der Waals surface area (Å²) in [6, 6.07) is 0. The highest BCUT2D eigenvalue weighted by atomic mass is 16.6. The maximum absolute atomic E-state index is 12.0. The zero-order valence-electron chi connectivity index (χ0n) is 19.7. The molecule has 6 heteroatoms. The van der Waals surface area contributed by atoms with E-state index in [-0.39, 0.29) is 11.2 Å². The Kier molecular flexibility index (Phi) is 11.2. The second-order valence-electron chi connectivity index (χ2n) is 8.60. The Morgan fingerprint density at radius 2 is 1.53 bits per heavy atom. The lowest BCUT2D eigenvalue weighted by Crippen LogP contribution is -2.50. The van der Waals surface area contributed by atoms with Crippen LogP contribution >= 0.6 is 0 Å². The first-order chi connectivity index (χ1) is 14.3. The summed E-state index contributed by atoms with van der Waals surface area (Å²) < 4.78 is 11.6. The Hall–Kier alpha value is -1.27. The van der Waals surface area contributed by atoms with Gasteiger partial charge in [-0.15, -0.1) is 0 Å². The van der Waals surface area contributed by atoms with Crippen molar-refractivity contribution in [2.24, 2.45) is 5.41 Å². The summed E-state index contributed by atoms with van der Waals surface area (Å²) in [5.74, 6) is -1.56. The number of hydrogen-bond acceptors (Lipinski definition) is 6. The average molecular weight is 429 g/mol. The highest BCUT2D eigenvalue weighted by Gasteiger charge is 2.52. The number of ether oxygens (including phenoxy) is 2. The van der Waals surface area contributed by atoms with Crippen molar-refractivity contribution >= 4 is 5.97 Å². The first-order valence-corrected chi connectivity index (χ1v) is 11.9. The summed E-state index contributed by atoms with van der Waals surface area (Å²) in [6.45, 7) is 10.1. The van der Waals surface area contributed by atoms with Crippen molar-refractivity contribution in [3.05, 3.63) is 11.5 Å². The van der Waals surface area contributed by atoms with Crippen molar-refractivity contribution in [3.63, 3.8) is 0 Å². The van der Waals surface area contributed by atoms with Crippen LogP contribution in [0.4, 0.5) is 0 Å². The lowest BCUT2D eigenvalue weighted by atomic mass is 9.62. The van der Waals surface area contributed by atoms with Crippen molar-refractivity contribution in [2.75, 3.05) is 6.61 Å². The van der Waals surface area contributed by atoms with Crippen molar-refractivity contribution in [2.45, 2.75) is 123 Å². The van der Waals surface area contributed by atoms with Gasteiger partial charge in [0.1, 0.15) is 11.7 Å². The van der Waals surface area contributed by atoms with Gasteiger partial charge in [-0.05, 0) is 32.1 Å². The second-order valence-corrected chi connectivity index (χ2v) is 8.60. The van der Waals surface area contributed by atoms with E-state index in [1.165, 1.54) is 32.1 Å². The number of unbranched alkanes of at least 4 members (excludes halogenated alkanes) is 5. The summed E-state index contributed by atoms with van der Waals surface area (Å²) in [6.07, 6.45) is 9.03. The van der Waals surface area contributed by atoms with Crippen molar-refractivity contribution in [3.8, 4) is 0 Å². The van der Waals surface area contributed by atoms with Crippen LogP contribution in [-0.2, 0) is 14.3 Å². The van der Waals surface area contributed by atoms with Gasteiger partial charge in [0.15, 0.2) is 11.9 Å². The predicted molar refractivity (Wildman–Crippen MR) is 118 cm³/mol. The molecule has 0 amide bonds. The molecule has 0 spiro atoms. The number of carbonyl (C=O) groups is 1. The fraction of sp³-hybridized carbons (Fsp3) is 0.875. The van der Waals surface area contributed by atoms with Crippen molar-refractivity contribution < 1.29 is 29.6 Å². The molecule has 1 heterocycles. The van der Waals surface area contributed by atoms with E-state index in [1.807, 2.05) is 0 Å². The molecule has 0 bridgehead atoms. The Bertz CT molecular complexity index is 548. The third kappa shape index (κ3) is 5.70. The molecule has 1 aliphatic heterocycles. The molecule has 30 heavy (non-hydrogen) atoms. The lowest BCUT2D eigenvalue weighted by molar-refractivity contribution is -0.156. The first kappa shape index (κ1) is 26.8. The van der Waals surface area contributed by atoms with Crippen LogP contribution in [0.3, 0.4) is 0 Å². The van der Waals surface area contributed by atoms with Gasteiger partial charge in [-0.2, -0.15) is 0 Å².